The van der Waals surface area contributed by atoms with Crippen molar-refractivity contribution >= 4 is 11.5 Å². The van der Waals surface area contributed by atoms with Crippen molar-refractivity contribution < 1.29 is 4.74 Å². The third kappa shape index (κ3) is 3.04. The van der Waals surface area contributed by atoms with Crippen LogP contribution in [0.4, 0.5) is 11.5 Å². The highest BCUT2D eigenvalue weighted by Crippen LogP contribution is 2.22. The summed E-state index contributed by atoms with van der Waals surface area (Å²) in [6.45, 7) is 4.52. The number of ether oxygens (including phenoxy) is 1. The topological polar surface area (TPSA) is 54.6 Å². The Kier molecular flexibility index (Phi) is 4.25. The van der Waals surface area contributed by atoms with Crippen molar-refractivity contribution in [2.45, 2.75) is 12.8 Å². The number of methoxy groups -OCH3 is 1. The molecule has 18 heavy (non-hydrogen) atoms. The van der Waals surface area contributed by atoms with Gasteiger partial charge in [-0.15, -0.1) is 0 Å². The zero-order valence-electron chi connectivity index (χ0n) is 11.2. The van der Waals surface area contributed by atoms with E-state index >= 15 is 0 Å². The summed E-state index contributed by atoms with van der Waals surface area (Å²) in [6, 6.07) is 3.77. The molecule has 1 fully saturated rings. The minimum absolute atomic E-state index is 0.500. The highest BCUT2D eigenvalue weighted by molar-refractivity contribution is 5.54. The van der Waals surface area contributed by atoms with Crippen molar-refractivity contribution in [2.75, 3.05) is 51.0 Å². The molecule has 2 heterocycles. The molecule has 0 radical (unpaired) electrons. The van der Waals surface area contributed by atoms with Crippen molar-refractivity contribution in [1.82, 2.24) is 9.88 Å². The number of likely N-dealkylation sites (tertiary alicyclic amines) is 1. The molecular weight excluding hydrogens is 228 g/mol. The summed E-state index contributed by atoms with van der Waals surface area (Å²) in [5.74, 6) is 1.40. The van der Waals surface area contributed by atoms with Crippen LogP contribution in [0.15, 0.2) is 12.1 Å². The summed E-state index contributed by atoms with van der Waals surface area (Å²) in [6.07, 6.45) is 2.66. The summed E-state index contributed by atoms with van der Waals surface area (Å²) < 4.78 is 5.14. The fourth-order valence-electron chi connectivity index (χ4n) is 2.23. The first-order valence-electron chi connectivity index (χ1n) is 6.44. The van der Waals surface area contributed by atoms with Crippen LogP contribution in [0.5, 0.6) is 5.88 Å². The molecule has 1 aromatic rings. The molecule has 0 atom stereocenters. The third-order valence-electron chi connectivity index (χ3n) is 3.41. The molecule has 5 heteroatoms. The molecule has 2 rings (SSSR count). The molecule has 0 aliphatic carbocycles. The fourth-order valence-corrected chi connectivity index (χ4v) is 2.23. The van der Waals surface area contributed by atoms with Gasteiger partial charge in [-0.3, -0.25) is 0 Å². The first-order chi connectivity index (χ1) is 8.70. The average molecular weight is 250 g/mol. The van der Waals surface area contributed by atoms with Gasteiger partial charge < -0.3 is 20.3 Å². The van der Waals surface area contributed by atoms with Gasteiger partial charge >= 0.3 is 0 Å². The summed E-state index contributed by atoms with van der Waals surface area (Å²) >= 11 is 0. The number of rotatable bonds is 5. The van der Waals surface area contributed by atoms with Crippen molar-refractivity contribution in [3.63, 3.8) is 0 Å². The summed E-state index contributed by atoms with van der Waals surface area (Å²) in [5, 5.41) is 0. The number of hydrogen-bond acceptors (Lipinski definition) is 5. The van der Waals surface area contributed by atoms with Gasteiger partial charge in [-0.25, -0.2) is 0 Å². The molecule has 5 nitrogen and oxygen atoms in total. The SMILES string of the molecule is COc1nc(N(C)CCN2CCCC2)ccc1N. The lowest BCUT2D eigenvalue weighted by Crippen LogP contribution is -2.31. The van der Waals surface area contributed by atoms with Gasteiger partial charge in [0.15, 0.2) is 0 Å². The van der Waals surface area contributed by atoms with Crippen LogP contribution < -0.4 is 15.4 Å². The molecule has 1 aromatic heterocycles. The molecule has 1 aliphatic rings. The second kappa shape index (κ2) is 5.91. The lowest BCUT2D eigenvalue weighted by atomic mass is 10.3. The van der Waals surface area contributed by atoms with Crippen molar-refractivity contribution in [3.05, 3.63) is 12.1 Å². The highest BCUT2D eigenvalue weighted by Gasteiger charge is 2.13. The van der Waals surface area contributed by atoms with E-state index in [-0.39, 0.29) is 0 Å². The number of hydrogen-bond donors (Lipinski definition) is 1. The van der Waals surface area contributed by atoms with Crippen LogP contribution in [-0.2, 0) is 0 Å². The molecule has 0 unspecified atom stereocenters. The number of likely N-dealkylation sites (N-methyl/N-ethyl adjacent to an activating group) is 1. The fraction of sp³-hybridized carbons (Fsp3) is 0.615. The van der Waals surface area contributed by atoms with E-state index in [1.807, 2.05) is 19.2 Å². The van der Waals surface area contributed by atoms with E-state index in [1.165, 1.54) is 25.9 Å². The van der Waals surface area contributed by atoms with E-state index in [0.717, 1.165) is 18.9 Å². The average Bonchev–Trinajstić information content (AvgIpc) is 2.89. The van der Waals surface area contributed by atoms with Crippen molar-refractivity contribution in [3.8, 4) is 5.88 Å². The lowest BCUT2D eigenvalue weighted by Gasteiger charge is -2.22. The minimum atomic E-state index is 0.500. The maximum Gasteiger partial charge on any atom is 0.238 e. The van der Waals surface area contributed by atoms with E-state index in [0.29, 0.717) is 11.6 Å². The number of nitrogen functional groups attached to an aromatic ring is 1. The van der Waals surface area contributed by atoms with Gasteiger partial charge in [-0.2, -0.15) is 4.98 Å². The van der Waals surface area contributed by atoms with E-state index in [4.69, 9.17) is 10.5 Å². The maximum absolute atomic E-state index is 5.76. The van der Waals surface area contributed by atoms with Crippen LogP contribution in [0.3, 0.4) is 0 Å². The highest BCUT2D eigenvalue weighted by atomic mass is 16.5. The zero-order valence-corrected chi connectivity index (χ0v) is 11.2. The number of nitrogens with zero attached hydrogens (tertiary/aromatic N) is 3. The third-order valence-corrected chi connectivity index (χ3v) is 3.41. The lowest BCUT2D eigenvalue weighted by molar-refractivity contribution is 0.346. The quantitative estimate of drug-likeness (QED) is 0.851. The Morgan fingerprint density at radius 3 is 2.78 bits per heavy atom. The number of pyridine rings is 1. The Hall–Kier alpha value is -1.49. The van der Waals surface area contributed by atoms with E-state index in [2.05, 4.69) is 14.8 Å². The maximum atomic E-state index is 5.76. The minimum Gasteiger partial charge on any atom is -0.479 e. The summed E-state index contributed by atoms with van der Waals surface area (Å²) in [5.41, 5.74) is 6.34. The van der Waals surface area contributed by atoms with Crippen molar-refractivity contribution in [1.29, 1.82) is 0 Å². The Morgan fingerprint density at radius 1 is 1.39 bits per heavy atom. The monoisotopic (exact) mass is 250 g/mol. The van der Waals surface area contributed by atoms with Gasteiger partial charge in [-0.05, 0) is 38.1 Å². The van der Waals surface area contributed by atoms with Gasteiger partial charge in [0, 0.05) is 20.1 Å². The molecular formula is C13H22N4O. The van der Waals surface area contributed by atoms with Crippen LogP contribution in [-0.4, -0.2) is 50.2 Å². The van der Waals surface area contributed by atoms with Crippen LogP contribution >= 0.6 is 0 Å². The largest absolute Gasteiger partial charge is 0.479 e. The first kappa shape index (κ1) is 13.0. The molecule has 0 amide bonds. The Morgan fingerprint density at radius 2 is 2.11 bits per heavy atom. The van der Waals surface area contributed by atoms with Crippen LogP contribution in [0.2, 0.25) is 0 Å². The predicted octanol–water partition coefficient (Wildman–Crippen LogP) is 1.20. The number of nitrogens with two attached hydrogens (primary N) is 1. The molecule has 1 saturated heterocycles. The van der Waals surface area contributed by atoms with Gasteiger partial charge in [0.25, 0.3) is 0 Å². The zero-order chi connectivity index (χ0) is 13.0. The summed E-state index contributed by atoms with van der Waals surface area (Å²) in [7, 11) is 3.64. The van der Waals surface area contributed by atoms with Gasteiger partial charge in [-0.1, -0.05) is 0 Å². The van der Waals surface area contributed by atoms with Crippen molar-refractivity contribution in [2.24, 2.45) is 0 Å². The van der Waals surface area contributed by atoms with Gasteiger partial charge in [0.2, 0.25) is 5.88 Å². The normalized spacial score (nSPS) is 15.9. The first-order valence-corrected chi connectivity index (χ1v) is 6.44. The van der Waals surface area contributed by atoms with E-state index in [1.54, 1.807) is 7.11 Å². The van der Waals surface area contributed by atoms with Crippen LogP contribution in [0.1, 0.15) is 12.8 Å². The Bertz CT molecular complexity index is 391. The van der Waals surface area contributed by atoms with Crippen LogP contribution in [0, 0.1) is 0 Å². The van der Waals surface area contributed by atoms with Gasteiger partial charge in [0.1, 0.15) is 5.82 Å². The van der Waals surface area contributed by atoms with E-state index in [9.17, 15) is 0 Å². The number of aromatic nitrogens is 1. The Balaban J connectivity index is 1.93. The molecule has 0 saturated carbocycles. The summed E-state index contributed by atoms with van der Waals surface area (Å²) in [4.78, 5) is 9.03. The second-order valence-corrected chi connectivity index (χ2v) is 4.74. The standard InChI is InChI=1S/C13H22N4O/c1-16(9-10-17-7-3-4-8-17)12-6-5-11(14)13(15-12)18-2/h5-6H,3-4,7-10,14H2,1-2H3. The molecule has 100 valence electrons. The van der Waals surface area contributed by atoms with Crippen LogP contribution in [0.25, 0.3) is 0 Å². The number of anilines is 2. The molecule has 0 spiro atoms. The smallest absolute Gasteiger partial charge is 0.238 e. The van der Waals surface area contributed by atoms with E-state index < -0.39 is 0 Å². The molecule has 0 aromatic carbocycles. The Labute approximate surface area is 109 Å². The molecule has 1 aliphatic heterocycles. The predicted molar refractivity (Wildman–Crippen MR) is 74.1 cm³/mol. The molecule has 2 N–H and O–H groups in total. The second-order valence-electron chi connectivity index (χ2n) is 4.74. The molecule has 0 bridgehead atoms. The van der Waals surface area contributed by atoms with Gasteiger partial charge in [0.05, 0.1) is 12.8 Å².